The molecule has 19 heavy (non-hydrogen) atoms. The number of nitrogens with two attached hydrogens (primary N) is 2. The summed E-state index contributed by atoms with van der Waals surface area (Å²) < 4.78 is 0. The molecule has 1 aromatic heterocycles. The first kappa shape index (κ1) is 12.5. The van der Waals surface area contributed by atoms with Crippen molar-refractivity contribution in [3.05, 3.63) is 47.9 Å². The summed E-state index contributed by atoms with van der Waals surface area (Å²) in [4.78, 5) is 30.3. The van der Waals surface area contributed by atoms with Crippen LogP contribution in [0.2, 0.25) is 0 Å². The van der Waals surface area contributed by atoms with Gasteiger partial charge in [0.2, 0.25) is 0 Å². The zero-order valence-electron chi connectivity index (χ0n) is 9.83. The Hall–Kier alpha value is -2.96. The first-order valence-electron chi connectivity index (χ1n) is 5.36. The molecular weight excluding hydrogens is 246 g/mol. The molecule has 5 N–H and O–H groups in total. The van der Waals surface area contributed by atoms with Crippen LogP contribution in [0.5, 0.6) is 0 Å². The van der Waals surface area contributed by atoms with Gasteiger partial charge in [0.1, 0.15) is 0 Å². The third-order valence-electron chi connectivity index (χ3n) is 2.38. The lowest BCUT2D eigenvalue weighted by molar-refractivity contribution is 0.0990. The SMILES string of the molecule is NC(=O)c1ccccc1Nc1nccnc1C(N)=O. The van der Waals surface area contributed by atoms with Gasteiger partial charge in [-0.15, -0.1) is 0 Å². The Morgan fingerprint density at radius 1 is 1.00 bits per heavy atom. The fourth-order valence-corrected chi connectivity index (χ4v) is 1.54. The molecule has 0 fully saturated rings. The number of carbonyl (C=O) groups excluding carboxylic acids is 2. The van der Waals surface area contributed by atoms with Crippen LogP contribution >= 0.6 is 0 Å². The molecule has 2 amide bonds. The molecule has 0 aliphatic rings. The largest absolute Gasteiger partial charge is 0.366 e. The van der Waals surface area contributed by atoms with E-state index in [0.29, 0.717) is 5.69 Å². The fraction of sp³-hybridized carbons (Fsp3) is 0. The number of benzene rings is 1. The van der Waals surface area contributed by atoms with E-state index < -0.39 is 11.8 Å². The molecule has 1 aromatic carbocycles. The van der Waals surface area contributed by atoms with Crippen molar-refractivity contribution in [3.63, 3.8) is 0 Å². The first-order valence-corrected chi connectivity index (χ1v) is 5.36. The predicted octanol–water partition coefficient (Wildman–Crippen LogP) is 0.418. The molecule has 96 valence electrons. The van der Waals surface area contributed by atoms with E-state index >= 15 is 0 Å². The Labute approximate surface area is 108 Å². The van der Waals surface area contributed by atoms with Crippen molar-refractivity contribution in [2.45, 2.75) is 0 Å². The average molecular weight is 257 g/mol. The highest BCUT2D eigenvalue weighted by Gasteiger charge is 2.13. The normalized spacial score (nSPS) is 9.89. The molecule has 2 rings (SSSR count). The highest BCUT2D eigenvalue weighted by atomic mass is 16.1. The maximum absolute atomic E-state index is 11.3. The molecule has 0 atom stereocenters. The minimum Gasteiger partial charge on any atom is -0.366 e. The van der Waals surface area contributed by atoms with Gasteiger partial charge in [-0.1, -0.05) is 12.1 Å². The van der Waals surface area contributed by atoms with Gasteiger partial charge in [0.25, 0.3) is 11.8 Å². The van der Waals surface area contributed by atoms with Crippen LogP contribution in [0.15, 0.2) is 36.7 Å². The third-order valence-corrected chi connectivity index (χ3v) is 2.38. The summed E-state index contributed by atoms with van der Waals surface area (Å²) in [5, 5.41) is 2.83. The zero-order valence-corrected chi connectivity index (χ0v) is 9.83. The van der Waals surface area contributed by atoms with Gasteiger partial charge in [-0.3, -0.25) is 9.59 Å². The number of carbonyl (C=O) groups is 2. The van der Waals surface area contributed by atoms with E-state index in [0.717, 1.165) is 0 Å². The van der Waals surface area contributed by atoms with Crippen molar-refractivity contribution in [3.8, 4) is 0 Å². The Kier molecular flexibility index (Phi) is 3.37. The van der Waals surface area contributed by atoms with Gasteiger partial charge >= 0.3 is 0 Å². The average Bonchev–Trinajstić information content (AvgIpc) is 2.39. The number of nitrogens with one attached hydrogen (secondary N) is 1. The number of aromatic nitrogens is 2. The van der Waals surface area contributed by atoms with E-state index in [9.17, 15) is 9.59 Å². The van der Waals surface area contributed by atoms with Crippen LogP contribution in [-0.2, 0) is 0 Å². The number of rotatable bonds is 4. The first-order chi connectivity index (χ1) is 9.09. The van der Waals surface area contributed by atoms with Crippen molar-refractivity contribution in [1.82, 2.24) is 9.97 Å². The van der Waals surface area contributed by atoms with E-state index in [1.54, 1.807) is 24.3 Å². The Morgan fingerprint density at radius 3 is 2.37 bits per heavy atom. The van der Waals surface area contributed by atoms with Gasteiger partial charge in [0.15, 0.2) is 11.5 Å². The third kappa shape index (κ3) is 2.65. The van der Waals surface area contributed by atoms with Crippen LogP contribution in [0.4, 0.5) is 11.5 Å². The monoisotopic (exact) mass is 257 g/mol. The maximum atomic E-state index is 11.3. The molecule has 0 bridgehead atoms. The summed E-state index contributed by atoms with van der Waals surface area (Å²) >= 11 is 0. The molecule has 7 heteroatoms. The van der Waals surface area contributed by atoms with E-state index in [1.807, 2.05) is 0 Å². The van der Waals surface area contributed by atoms with Crippen molar-refractivity contribution in [1.29, 1.82) is 0 Å². The molecule has 7 nitrogen and oxygen atoms in total. The highest BCUT2D eigenvalue weighted by Crippen LogP contribution is 2.20. The summed E-state index contributed by atoms with van der Waals surface area (Å²) in [6.07, 6.45) is 2.76. The van der Waals surface area contributed by atoms with E-state index in [-0.39, 0.29) is 17.1 Å². The molecule has 0 unspecified atom stereocenters. The molecule has 0 radical (unpaired) electrons. The Morgan fingerprint density at radius 2 is 1.68 bits per heavy atom. The lowest BCUT2D eigenvalue weighted by Gasteiger charge is -2.10. The molecule has 0 aliphatic heterocycles. The van der Waals surface area contributed by atoms with Gasteiger partial charge in [-0.05, 0) is 12.1 Å². The Balaban J connectivity index is 2.42. The summed E-state index contributed by atoms with van der Waals surface area (Å²) in [6, 6.07) is 6.59. The van der Waals surface area contributed by atoms with Gasteiger partial charge in [-0.2, -0.15) is 0 Å². The van der Waals surface area contributed by atoms with Crippen LogP contribution in [-0.4, -0.2) is 21.8 Å². The number of primary amides is 2. The van der Waals surface area contributed by atoms with Crippen molar-refractivity contribution < 1.29 is 9.59 Å². The number of hydrogen-bond acceptors (Lipinski definition) is 5. The fourth-order valence-electron chi connectivity index (χ4n) is 1.54. The minimum absolute atomic E-state index is 0.0122. The van der Waals surface area contributed by atoms with E-state index in [4.69, 9.17) is 11.5 Å². The van der Waals surface area contributed by atoms with Gasteiger partial charge in [0, 0.05) is 12.4 Å². The highest BCUT2D eigenvalue weighted by molar-refractivity contribution is 6.00. The second-order valence-corrected chi connectivity index (χ2v) is 3.65. The molecule has 1 heterocycles. The summed E-state index contributed by atoms with van der Waals surface area (Å²) in [5.41, 5.74) is 11.2. The molecule has 0 saturated heterocycles. The molecule has 0 spiro atoms. The molecule has 2 aromatic rings. The second-order valence-electron chi connectivity index (χ2n) is 3.65. The van der Waals surface area contributed by atoms with Gasteiger partial charge in [0.05, 0.1) is 11.3 Å². The van der Waals surface area contributed by atoms with E-state index in [2.05, 4.69) is 15.3 Å². The lowest BCUT2D eigenvalue weighted by Crippen LogP contribution is -2.17. The maximum Gasteiger partial charge on any atom is 0.271 e. The standard InChI is InChI=1S/C12H11N5O2/c13-10(18)7-3-1-2-4-8(7)17-12-9(11(14)19)15-5-6-16-12/h1-6H,(H2,13,18)(H2,14,19)(H,16,17). The predicted molar refractivity (Wildman–Crippen MR) is 68.8 cm³/mol. The Bertz CT molecular complexity index is 586. The zero-order chi connectivity index (χ0) is 13.8. The summed E-state index contributed by atoms with van der Waals surface area (Å²) in [6.45, 7) is 0. The number of nitrogens with zero attached hydrogens (tertiary/aromatic N) is 2. The molecule has 0 aliphatic carbocycles. The summed E-state index contributed by atoms with van der Waals surface area (Å²) in [7, 11) is 0. The quantitative estimate of drug-likeness (QED) is 0.732. The number of hydrogen-bond donors (Lipinski definition) is 3. The van der Waals surface area contributed by atoms with Crippen molar-refractivity contribution in [2.24, 2.45) is 11.5 Å². The second kappa shape index (κ2) is 5.13. The van der Waals surface area contributed by atoms with Gasteiger partial charge in [-0.25, -0.2) is 9.97 Å². The summed E-state index contributed by atoms with van der Waals surface area (Å²) in [5.74, 6) is -1.14. The topological polar surface area (TPSA) is 124 Å². The number of amides is 2. The van der Waals surface area contributed by atoms with Crippen molar-refractivity contribution in [2.75, 3.05) is 5.32 Å². The number of anilines is 2. The molecule has 0 saturated carbocycles. The van der Waals surface area contributed by atoms with Crippen LogP contribution in [0.1, 0.15) is 20.8 Å². The van der Waals surface area contributed by atoms with Crippen molar-refractivity contribution >= 4 is 23.3 Å². The van der Waals surface area contributed by atoms with Gasteiger partial charge < -0.3 is 16.8 Å². The van der Waals surface area contributed by atoms with Crippen LogP contribution in [0, 0.1) is 0 Å². The van der Waals surface area contributed by atoms with Crippen LogP contribution < -0.4 is 16.8 Å². The molecular formula is C12H11N5O2. The smallest absolute Gasteiger partial charge is 0.271 e. The minimum atomic E-state index is -0.716. The van der Waals surface area contributed by atoms with Crippen LogP contribution in [0.25, 0.3) is 0 Å². The van der Waals surface area contributed by atoms with Crippen LogP contribution in [0.3, 0.4) is 0 Å². The lowest BCUT2D eigenvalue weighted by atomic mass is 10.1. The van der Waals surface area contributed by atoms with E-state index in [1.165, 1.54) is 12.4 Å². The number of para-hydroxylation sites is 1.